The topological polar surface area (TPSA) is 60.7 Å². The third kappa shape index (κ3) is 2.79. The maximum atomic E-state index is 12.2. The van der Waals surface area contributed by atoms with E-state index >= 15 is 0 Å². The van der Waals surface area contributed by atoms with Gasteiger partial charge in [-0.1, -0.05) is 0 Å². The SMILES string of the molecule is O=C(NCC1CCC2(CC1)OCCO2)[C@H]1C[C@H]1c1ccco1. The van der Waals surface area contributed by atoms with Gasteiger partial charge in [-0.25, -0.2) is 0 Å². The molecule has 1 amide bonds. The van der Waals surface area contributed by atoms with Crippen molar-refractivity contribution in [1.82, 2.24) is 5.32 Å². The monoisotopic (exact) mass is 305 g/mol. The molecule has 1 saturated heterocycles. The third-order valence-electron chi connectivity index (χ3n) is 5.28. The smallest absolute Gasteiger partial charge is 0.223 e. The lowest BCUT2D eigenvalue weighted by atomic mass is 9.85. The van der Waals surface area contributed by atoms with Crippen LogP contribution in [0.3, 0.4) is 0 Å². The minimum Gasteiger partial charge on any atom is -0.469 e. The summed E-state index contributed by atoms with van der Waals surface area (Å²) in [5.74, 6) is 1.74. The van der Waals surface area contributed by atoms with Crippen molar-refractivity contribution in [3.63, 3.8) is 0 Å². The highest BCUT2D eigenvalue weighted by atomic mass is 16.7. The summed E-state index contributed by atoms with van der Waals surface area (Å²) in [6.45, 7) is 2.21. The first kappa shape index (κ1) is 14.3. The average Bonchev–Trinajstić information content (AvgIpc) is 2.96. The number of hydrogen-bond acceptors (Lipinski definition) is 4. The number of furan rings is 1. The molecule has 1 aliphatic heterocycles. The van der Waals surface area contributed by atoms with Crippen molar-refractivity contribution in [1.29, 1.82) is 0 Å². The molecule has 0 unspecified atom stereocenters. The number of amides is 1. The molecule has 4 rings (SSSR count). The van der Waals surface area contributed by atoms with Crippen molar-refractivity contribution in [3.05, 3.63) is 24.2 Å². The Labute approximate surface area is 130 Å². The van der Waals surface area contributed by atoms with E-state index in [1.165, 1.54) is 0 Å². The zero-order chi connectivity index (χ0) is 15.0. The molecule has 0 radical (unpaired) electrons. The van der Waals surface area contributed by atoms with Crippen LogP contribution >= 0.6 is 0 Å². The second-order valence-corrected chi connectivity index (χ2v) is 6.76. The number of carbonyl (C=O) groups excluding carboxylic acids is 1. The van der Waals surface area contributed by atoms with Crippen LogP contribution < -0.4 is 5.32 Å². The van der Waals surface area contributed by atoms with Crippen LogP contribution in [0.15, 0.2) is 22.8 Å². The molecule has 1 spiro atoms. The minimum atomic E-state index is -0.304. The van der Waals surface area contributed by atoms with Crippen LogP contribution in [0, 0.1) is 11.8 Å². The summed E-state index contributed by atoms with van der Waals surface area (Å²) < 4.78 is 16.9. The lowest BCUT2D eigenvalue weighted by molar-refractivity contribution is -0.182. The Morgan fingerprint density at radius 1 is 1.27 bits per heavy atom. The maximum Gasteiger partial charge on any atom is 0.223 e. The molecule has 2 aliphatic carbocycles. The van der Waals surface area contributed by atoms with Crippen LogP contribution in [-0.2, 0) is 14.3 Å². The Hall–Kier alpha value is -1.33. The molecular formula is C17H23NO4. The van der Waals surface area contributed by atoms with Gasteiger partial charge in [0.2, 0.25) is 5.91 Å². The molecule has 120 valence electrons. The van der Waals surface area contributed by atoms with Crippen LogP contribution in [0.4, 0.5) is 0 Å². The molecule has 3 fully saturated rings. The predicted octanol–water partition coefficient (Wildman–Crippen LogP) is 2.43. The number of nitrogens with one attached hydrogen (secondary N) is 1. The Balaban J connectivity index is 1.20. The molecule has 22 heavy (non-hydrogen) atoms. The quantitative estimate of drug-likeness (QED) is 0.928. The Morgan fingerprint density at radius 2 is 2.05 bits per heavy atom. The zero-order valence-corrected chi connectivity index (χ0v) is 12.8. The molecule has 1 aromatic heterocycles. The van der Waals surface area contributed by atoms with Gasteiger partial charge in [-0.15, -0.1) is 0 Å². The van der Waals surface area contributed by atoms with Crippen molar-refractivity contribution in [3.8, 4) is 0 Å². The number of ether oxygens (including phenoxy) is 2. The standard InChI is InChI=1S/C17H23NO4/c19-16(14-10-13(14)15-2-1-7-20-15)18-11-12-3-5-17(6-4-12)21-8-9-22-17/h1-2,7,12-14H,3-6,8-11H2,(H,18,19)/t13-,14+/m1/s1. The van der Waals surface area contributed by atoms with E-state index in [9.17, 15) is 4.79 Å². The third-order valence-corrected chi connectivity index (χ3v) is 5.28. The number of rotatable bonds is 4. The van der Waals surface area contributed by atoms with Gasteiger partial charge >= 0.3 is 0 Å². The molecule has 1 aromatic rings. The van der Waals surface area contributed by atoms with Gasteiger partial charge in [-0.3, -0.25) is 4.79 Å². The molecule has 2 heterocycles. The van der Waals surface area contributed by atoms with Crippen LogP contribution in [0.2, 0.25) is 0 Å². The molecule has 0 bridgehead atoms. The largest absolute Gasteiger partial charge is 0.469 e. The van der Waals surface area contributed by atoms with Gasteiger partial charge in [0.15, 0.2) is 5.79 Å². The highest BCUT2D eigenvalue weighted by Crippen LogP contribution is 2.47. The molecule has 1 N–H and O–H groups in total. The molecule has 2 saturated carbocycles. The first-order chi connectivity index (χ1) is 10.8. The van der Waals surface area contributed by atoms with Crippen molar-refractivity contribution >= 4 is 5.91 Å². The fraction of sp³-hybridized carbons (Fsp3) is 0.706. The van der Waals surface area contributed by atoms with Gasteiger partial charge in [-0.05, 0) is 37.3 Å². The van der Waals surface area contributed by atoms with Crippen molar-refractivity contribution in [2.75, 3.05) is 19.8 Å². The lowest BCUT2D eigenvalue weighted by Crippen LogP contribution is -2.39. The number of carbonyl (C=O) groups is 1. The molecule has 3 aliphatic rings. The second-order valence-electron chi connectivity index (χ2n) is 6.76. The zero-order valence-electron chi connectivity index (χ0n) is 12.8. The summed E-state index contributed by atoms with van der Waals surface area (Å²) in [6, 6.07) is 3.84. The van der Waals surface area contributed by atoms with E-state index in [1.807, 2.05) is 12.1 Å². The van der Waals surface area contributed by atoms with Gasteiger partial charge in [0, 0.05) is 31.2 Å². The Bertz CT molecular complexity index is 511. The summed E-state index contributed by atoms with van der Waals surface area (Å²) in [6.07, 6.45) is 6.61. The number of hydrogen-bond donors (Lipinski definition) is 1. The van der Waals surface area contributed by atoms with Gasteiger partial charge in [0.25, 0.3) is 0 Å². The second kappa shape index (κ2) is 5.70. The van der Waals surface area contributed by atoms with Crippen LogP contribution in [0.5, 0.6) is 0 Å². The van der Waals surface area contributed by atoms with Crippen LogP contribution in [-0.4, -0.2) is 31.5 Å². The van der Waals surface area contributed by atoms with Gasteiger partial charge in [-0.2, -0.15) is 0 Å². The summed E-state index contributed by atoms with van der Waals surface area (Å²) in [5.41, 5.74) is 0. The first-order valence-electron chi connectivity index (χ1n) is 8.35. The van der Waals surface area contributed by atoms with E-state index < -0.39 is 0 Å². The molecule has 0 aromatic carbocycles. The van der Waals surface area contributed by atoms with Gasteiger partial charge in [0.05, 0.1) is 19.5 Å². The first-order valence-corrected chi connectivity index (χ1v) is 8.35. The highest BCUT2D eigenvalue weighted by molar-refractivity contribution is 5.82. The highest BCUT2D eigenvalue weighted by Gasteiger charge is 2.46. The van der Waals surface area contributed by atoms with E-state index in [0.29, 0.717) is 5.92 Å². The summed E-state index contributed by atoms with van der Waals surface area (Å²) in [7, 11) is 0. The molecule has 2 atom stereocenters. The molecule has 5 nitrogen and oxygen atoms in total. The summed E-state index contributed by atoms with van der Waals surface area (Å²) in [4.78, 5) is 12.2. The van der Waals surface area contributed by atoms with Crippen LogP contribution in [0.1, 0.15) is 43.8 Å². The average molecular weight is 305 g/mol. The van der Waals surface area contributed by atoms with Crippen LogP contribution in [0.25, 0.3) is 0 Å². The van der Waals surface area contributed by atoms with Crippen molar-refractivity contribution in [2.24, 2.45) is 11.8 Å². The van der Waals surface area contributed by atoms with E-state index in [-0.39, 0.29) is 23.5 Å². The normalized spacial score (nSPS) is 30.5. The fourth-order valence-electron chi connectivity index (χ4n) is 3.78. The lowest BCUT2D eigenvalue weighted by Gasteiger charge is -2.35. The Morgan fingerprint density at radius 3 is 2.73 bits per heavy atom. The van der Waals surface area contributed by atoms with E-state index in [2.05, 4.69) is 5.32 Å². The van der Waals surface area contributed by atoms with E-state index in [1.54, 1.807) is 6.26 Å². The minimum absolute atomic E-state index is 0.0996. The van der Waals surface area contributed by atoms with E-state index in [4.69, 9.17) is 13.9 Å². The van der Waals surface area contributed by atoms with Gasteiger partial charge in [0.1, 0.15) is 5.76 Å². The van der Waals surface area contributed by atoms with Crippen molar-refractivity contribution in [2.45, 2.75) is 43.8 Å². The molecular weight excluding hydrogens is 282 g/mol. The summed E-state index contributed by atoms with van der Waals surface area (Å²) in [5, 5.41) is 3.12. The fourth-order valence-corrected chi connectivity index (χ4v) is 3.78. The van der Waals surface area contributed by atoms with Gasteiger partial charge < -0.3 is 19.2 Å². The summed E-state index contributed by atoms with van der Waals surface area (Å²) >= 11 is 0. The molecule has 5 heteroatoms. The predicted molar refractivity (Wildman–Crippen MR) is 79.2 cm³/mol. The van der Waals surface area contributed by atoms with Crippen molar-refractivity contribution < 1.29 is 18.7 Å². The van der Waals surface area contributed by atoms with E-state index in [0.717, 1.165) is 57.6 Å². The Kier molecular flexibility index (Phi) is 3.70. The maximum absolute atomic E-state index is 12.2.